The zero-order chi connectivity index (χ0) is 20.7. The van der Waals surface area contributed by atoms with Crippen LogP contribution in [-0.2, 0) is 0 Å². The number of carbonyl (C=O) groups is 3. The van der Waals surface area contributed by atoms with Gasteiger partial charge in [-0.2, -0.15) is 0 Å². The van der Waals surface area contributed by atoms with Gasteiger partial charge in [-0.15, -0.1) is 0 Å². The molecule has 3 aromatic rings. The van der Waals surface area contributed by atoms with Crippen molar-refractivity contribution in [2.45, 2.75) is 20.8 Å². The zero-order valence-electron chi connectivity index (χ0n) is 16.4. The van der Waals surface area contributed by atoms with Crippen molar-refractivity contribution >= 4 is 29.1 Å². The van der Waals surface area contributed by atoms with E-state index in [-0.39, 0.29) is 17.4 Å². The van der Waals surface area contributed by atoms with E-state index in [0.29, 0.717) is 22.5 Å². The molecule has 1 heterocycles. The van der Waals surface area contributed by atoms with E-state index in [1.807, 2.05) is 51.1 Å². The Balaban J connectivity index is 1.62. The number of nitrogens with one attached hydrogen (secondary N) is 1. The quantitative estimate of drug-likeness (QED) is 0.668. The van der Waals surface area contributed by atoms with E-state index in [1.165, 1.54) is 6.07 Å². The monoisotopic (exact) mass is 384 g/mol. The number of amides is 3. The minimum absolute atomic E-state index is 0.239. The highest BCUT2D eigenvalue weighted by atomic mass is 16.2. The molecular weight excluding hydrogens is 364 g/mol. The molecule has 144 valence electrons. The SMILES string of the molecule is Cc1ccc(N2C(=O)c3ccc(C(=O)Nc4ccc(C)c(C)c4)cc3C2=O)cc1. The van der Waals surface area contributed by atoms with E-state index in [0.717, 1.165) is 21.6 Å². The number of carbonyl (C=O) groups excluding carboxylic acids is 3. The van der Waals surface area contributed by atoms with Crippen LogP contribution in [0, 0.1) is 20.8 Å². The molecule has 1 N–H and O–H groups in total. The van der Waals surface area contributed by atoms with Crippen LogP contribution >= 0.6 is 0 Å². The largest absolute Gasteiger partial charge is 0.322 e. The average molecular weight is 384 g/mol. The molecule has 0 aromatic heterocycles. The molecule has 0 atom stereocenters. The highest BCUT2D eigenvalue weighted by molar-refractivity contribution is 6.34. The number of aryl methyl sites for hydroxylation is 3. The molecule has 0 unspecified atom stereocenters. The maximum Gasteiger partial charge on any atom is 0.266 e. The fourth-order valence-corrected chi connectivity index (χ4v) is 3.33. The lowest BCUT2D eigenvalue weighted by Crippen LogP contribution is -2.29. The molecule has 0 saturated heterocycles. The highest BCUT2D eigenvalue weighted by Gasteiger charge is 2.37. The van der Waals surface area contributed by atoms with Crippen LogP contribution in [0.2, 0.25) is 0 Å². The molecule has 5 heteroatoms. The first kappa shape index (κ1) is 18.6. The van der Waals surface area contributed by atoms with Crippen LogP contribution in [0.15, 0.2) is 60.7 Å². The third-order valence-corrected chi connectivity index (χ3v) is 5.21. The normalized spacial score (nSPS) is 12.9. The molecule has 3 aromatic carbocycles. The van der Waals surface area contributed by atoms with Gasteiger partial charge in [0.15, 0.2) is 0 Å². The van der Waals surface area contributed by atoms with Crippen LogP contribution in [0.5, 0.6) is 0 Å². The third kappa shape index (κ3) is 3.31. The van der Waals surface area contributed by atoms with Crippen LogP contribution < -0.4 is 10.2 Å². The first-order valence-electron chi connectivity index (χ1n) is 9.33. The Hall–Kier alpha value is -3.73. The van der Waals surface area contributed by atoms with Gasteiger partial charge in [-0.25, -0.2) is 4.90 Å². The highest BCUT2D eigenvalue weighted by Crippen LogP contribution is 2.29. The molecule has 0 radical (unpaired) electrons. The summed E-state index contributed by atoms with van der Waals surface area (Å²) in [6, 6.07) is 17.4. The van der Waals surface area contributed by atoms with Crippen molar-refractivity contribution < 1.29 is 14.4 Å². The molecule has 0 spiro atoms. The fraction of sp³-hybridized carbons (Fsp3) is 0.125. The lowest BCUT2D eigenvalue weighted by molar-refractivity contribution is 0.0925. The van der Waals surface area contributed by atoms with Crippen LogP contribution in [-0.4, -0.2) is 17.7 Å². The Morgan fingerprint density at radius 2 is 1.45 bits per heavy atom. The average Bonchev–Trinajstić information content (AvgIpc) is 2.95. The molecule has 1 aliphatic heterocycles. The van der Waals surface area contributed by atoms with Gasteiger partial charge in [0.1, 0.15) is 0 Å². The van der Waals surface area contributed by atoms with Crippen LogP contribution in [0.1, 0.15) is 47.8 Å². The Bertz CT molecular complexity index is 1160. The van der Waals surface area contributed by atoms with Gasteiger partial charge in [0.05, 0.1) is 16.8 Å². The molecule has 0 saturated carbocycles. The zero-order valence-corrected chi connectivity index (χ0v) is 16.4. The summed E-state index contributed by atoms with van der Waals surface area (Å²) < 4.78 is 0. The van der Waals surface area contributed by atoms with Gasteiger partial charge in [-0.3, -0.25) is 14.4 Å². The summed E-state index contributed by atoms with van der Waals surface area (Å²) in [6.07, 6.45) is 0. The van der Waals surface area contributed by atoms with Crippen molar-refractivity contribution in [2.24, 2.45) is 0 Å². The van der Waals surface area contributed by atoms with Crippen molar-refractivity contribution in [1.29, 1.82) is 0 Å². The van der Waals surface area contributed by atoms with E-state index < -0.39 is 5.91 Å². The summed E-state index contributed by atoms with van der Waals surface area (Å²) in [5, 5.41) is 2.84. The number of imide groups is 1. The maximum absolute atomic E-state index is 12.9. The fourth-order valence-electron chi connectivity index (χ4n) is 3.33. The summed E-state index contributed by atoms with van der Waals surface area (Å²) in [5.41, 5.74) is 5.32. The van der Waals surface area contributed by atoms with Gasteiger partial charge in [0, 0.05) is 11.3 Å². The molecule has 0 fully saturated rings. The summed E-state index contributed by atoms with van der Waals surface area (Å²) in [6.45, 7) is 5.92. The Morgan fingerprint density at radius 3 is 2.14 bits per heavy atom. The van der Waals surface area contributed by atoms with Gasteiger partial charge in [-0.05, 0) is 74.4 Å². The molecule has 1 aliphatic rings. The topological polar surface area (TPSA) is 66.5 Å². The summed E-state index contributed by atoms with van der Waals surface area (Å²) in [5.74, 6) is -1.13. The Labute approximate surface area is 169 Å². The summed E-state index contributed by atoms with van der Waals surface area (Å²) >= 11 is 0. The molecule has 0 bridgehead atoms. The van der Waals surface area contributed by atoms with E-state index in [4.69, 9.17) is 0 Å². The molecule has 4 rings (SSSR count). The minimum atomic E-state index is -0.422. The van der Waals surface area contributed by atoms with E-state index >= 15 is 0 Å². The lowest BCUT2D eigenvalue weighted by Gasteiger charge is -2.13. The van der Waals surface area contributed by atoms with Gasteiger partial charge in [0.2, 0.25) is 0 Å². The van der Waals surface area contributed by atoms with Crippen molar-refractivity contribution in [2.75, 3.05) is 10.2 Å². The summed E-state index contributed by atoms with van der Waals surface area (Å²) in [7, 11) is 0. The summed E-state index contributed by atoms with van der Waals surface area (Å²) in [4.78, 5) is 39.4. The molecule has 3 amide bonds. The van der Waals surface area contributed by atoms with E-state index in [2.05, 4.69) is 5.32 Å². The smallest absolute Gasteiger partial charge is 0.266 e. The predicted octanol–water partition coefficient (Wildman–Crippen LogP) is 4.66. The second kappa shape index (κ2) is 7.02. The predicted molar refractivity (Wildman–Crippen MR) is 113 cm³/mol. The number of fused-ring (bicyclic) bond motifs is 1. The van der Waals surface area contributed by atoms with Crippen molar-refractivity contribution in [3.8, 4) is 0 Å². The Morgan fingerprint density at radius 1 is 0.759 bits per heavy atom. The maximum atomic E-state index is 12.9. The second-order valence-corrected chi connectivity index (χ2v) is 7.29. The first-order chi connectivity index (χ1) is 13.8. The number of anilines is 2. The molecular formula is C24H20N2O3. The first-order valence-corrected chi connectivity index (χ1v) is 9.33. The van der Waals surface area contributed by atoms with E-state index in [9.17, 15) is 14.4 Å². The van der Waals surface area contributed by atoms with Crippen LogP contribution in [0.25, 0.3) is 0 Å². The van der Waals surface area contributed by atoms with E-state index in [1.54, 1.807) is 24.3 Å². The number of rotatable bonds is 3. The van der Waals surface area contributed by atoms with Gasteiger partial charge in [0.25, 0.3) is 17.7 Å². The van der Waals surface area contributed by atoms with Crippen LogP contribution in [0.4, 0.5) is 11.4 Å². The number of hydrogen-bond donors (Lipinski definition) is 1. The van der Waals surface area contributed by atoms with Crippen LogP contribution in [0.3, 0.4) is 0 Å². The standard InChI is InChI=1S/C24H20N2O3/c1-14-4-9-19(10-5-14)26-23(28)20-11-7-17(13-21(20)24(26)29)22(27)25-18-8-6-15(2)16(3)12-18/h4-13H,1-3H3,(H,25,27). The van der Waals surface area contributed by atoms with Gasteiger partial charge < -0.3 is 5.32 Å². The number of hydrogen-bond acceptors (Lipinski definition) is 3. The number of nitrogens with zero attached hydrogens (tertiary/aromatic N) is 1. The van der Waals surface area contributed by atoms with Gasteiger partial charge in [-0.1, -0.05) is 23.8 Å². The number of benzene rings is 3. The van der Waals surface area contributed by atoms with Crippen molar-refractivity contribution in [3.63, 3.8) is 0 Å². The Kier molecular flexibility index (Phi) is 4.51. The van der Waals surface area contributed by atoms with Crippen molar-refractivity contribution in [3.05, 3.63) is 94.0 Å². The second-order valence-electron chi connectivity index (χ2n) is 7.29. The third-order valence-electron chi connectivity index (χ3n) is 5.21. The van der Waals surface area contributed by atoms with Gasteiger partial charge >= 0.3 is 0 Å². The minimum Gasteiger partial charge on any atom is -0.322 e. The lowest BCUT2D eigenvalue weighted by atomic mass is 10.0. The molecule has 5 nitrogen and oxygen atoms in total. The molecule has 0 aliphatic carbocycles. The van der Waals surface area contributed by atoms with Crippen molar-refractivity contribution in [1.82, 2.24) is 0 Å². The molecule has 29 heavy (non-hydrogen) atoms.